The Morgan fingerprint density at radius 1 is 1.25 bits per heavy atom. The molecule has 0 amide bonds. The van der Waals surface area contributed by atoms with Crippen molar-refractivity contribution in [2.24, 2.45) is 11.7 Å². The highest BCUT2D eigenvalue weighted by atomic mass is 35.5. The standard InChI is InChI=1S/C21H27ClN4O2/c1-2-27-20-11-14(3-5-17(20)22)13-26-9-7-15(8-10-26)21(24)25-18-12-16(23)4-6-19(18)28-21/h3-6,11-12,15,25H,2,7-10,13,23-24H2,1H3. The first kappa shape index (κ1) is 19.2. The summed E-state index contributed by atoms with van der Waals surface area (Å²) in [6.45, 7) is 5.35. The molecule has 1 unspecified atom stereocenters. The third kappa shape index (κ3) is 3.85. The number of rotatable bonds is 5. The van der Waals surface area contributed by atoms with Crippen LogP contribution in [0.1, 0.15) is 25.3 Å². The van der Waals surface area contributed by atoms with Gasteiger partial charge < -0.3 is 20.5 Å². The fourth-order valence-corrected chi connectivity index (χ4v) is 4.20. The normalized spacial score (nSPS) is 22.4. The minimum absolute atomic E-state index is 0.224. The van der Waals surface area contributed by atoms with Gasteiger partial charge in [-0.2, -0.15) is 0 Å². The number of anilines is 2. The molecule has 2 aliphatic rings. The lowest BCUT2D eigenvalue weighted by atomic mass is 9.91. The molecule has 28 heavy (non-hydrogen) atoms. The lowest BCUT2D eigenvalue weighted by Crippen LogP contribution is -2.58. The molecular weight excluding hydrogens is 376 g/mol. The number of nitrogen functional groups attached to an aromatic ring is 1. The predicted octanol–water partition coefficient (Wildman–Crippen LogP) is 3.65. The summed E-state index contributed by atoms with van der Waals surface area (Å²) >= 11 is 6.19. The average molecular weight is 403 g/mol. The number of nitrogens with two attached hydrogens (primary N) is 2. The van der Waals surface area contributed by atoms with Gasteiger partial charge in [-0.3, -0.25) is 10.6 Å². The molecule has 1 saturated heterocycles. The van der Waals surface area contributed by atoms with Crippen molar-refractivity contribution in [3.8, 4) is 11.5 Å². The molecule has 5 N–H and O–H groups in total. The topological polar surface area (TPSA) is 85.8 Å². The van der Waals surface area contributed by atoms with Gasteiger partial charge in [-0.1, -0.05) is 17.7 Å². The molecule has 1 fully saturated rings. The average Bonchev–Trinajstić information content (AvgIpc) is 3.02. The number of piperidine rings is 1. The fraction of sp³-hybridized carbons (Fsp3) is 0.429. The number of benzene rings is 2. The van der Waals surface area contributed by atoms with Gasteiger partial charge in [0, 0.05) is 18.2 Å². The van der Waals surface area contributed by atoms with E-state index in [9.17, 15) is 0 Å². The highest BCUT2D eigenvalue weighted by Crippen LogP contribution is 2.41. The Balaban J connectivity index is 1.36. The third-order valence-electron chi connectivity index (χ3n) is 5.51. The zero-order valence-electron chi connectivity index (χ0n) is 16.1. The Labute approximate surface area is 170 Å². The minimum Gasteiger partial charge on any atom is -0.492 e. The Morgan fingerprint density at radius 3 is 2.79 bits per heavy atom. The molecular formula is C21H27ClN4O2. The molecule has 0 saturated carbocycles. The van der Waals surface area contributed by atoms with Crippen LogP contribution in [0.15, 0.2) is 36.4 Å². The van der Waals surface area contributed by atoms with E-state index in [1.807, 2.05) is 37.3 Å². The monoisotopic (exact) mass is 402 g/mol. The van der Waals surface area contributed by atoms with Crippen molar-refractivity contribution in [3.63, 3.8) is 0 Å². The van der Waals surface area contributed by atoms with Gasteiger partial charge in [0.1, 0.15) is 11.5 Å². The van der Waals surface area contributed by atoms with E-state index < -0.39 is 5.85 Å². The van der Waals surface area contributed by atoms with E-state index in [1.54, 1.807) is 0 Å². The van der Waals surface area contributed by atoms with Crippen LogP contribution >= 0.6 is 11.6 Å². The van der Waals surface area contributed by atoms with Gasteiger partial charge in [0.2, 0.25) is 5.85 Å². The van der Waals surface area contributed by atoms with E-state index in [0.717, 1.165) is 49.7 Å². The molecule has 0 aliphatic carbocycles. The van der Waals surface area contributed by atoms with E-state index in [2.05, 4.69) is 16.3 Å². The molecule has 7 heteroatoms. The summed E-state index contributed by atoms with van der Waals surface area (Å²) in [6.07, 6.45) is 1.91. The number of likely N-dealkylation sites (tertiary alicyclic amines) is 1. The van der Waals surface area contributed by atoms with E-state index in [-0.39, 0.29) is 5.92 Å². The van der Waals surface area contributed by atoms with Crippen LogP contribution in [0, 0.1) is 5.92 Å². The van der Waals surface area contributed by atoms with Crippen LogP contribution in [0.3, 0.4) is 0 Å². The smallest absolute Gasteiger partial charge is 0.239 e. The molecule has 2 aromatic rings. The van der Waals surface area contributed by atoms with Gasteiger partial charge in [0.15, 0.2) is 0 Å². The van der Waals surface area contributed by atoms with Crippen molar-refractivity contribution in [3.05, 3.63) is 47.0 Å². The van der Waals surface area contributed by atoms with Crippen LogP contribution in [0.2, 0.25) is 5.02 Å². The second-order valence-corrected chi connectivity index (χ2v) is 7.93. The Kier molecular flexibility index (Phi) is 5.27. The van der Waals surface area contributed by atoms with E-state index in [4.69, 9.17) is 32.5 Å². The first-order chi connectivity index (χ1) is 13.5. The summed E-state index contributed by atoms with van der Waals surface area (Å²) in [5.74, 6) is 0.869. The van der Waals surface area contributed by atoms with Crippen molar-refractivity contribution in [2.45, 2.75) is 32.2 Å². The molecule has 150 valence electrons. The Bertz CT molecular complexity index is 854. The van der Waals surface area contributed by atoms with Crippen molar-refractivity contribution in [1.82, 2.24) is 4.90 Å². The molecule has 2 aliphatic heterocycles. The van der Waals surface area contributed by atoms with Crippen LogP contribution in [0.4, 0.5) is 11.4 Å². The molecule has 0 radical (unpaired) electrons. The minimum atomic E-state index is -0.870. The van der Waals surface area contributed by atoms with Crippen LogP contribution < -0.4 is 26.3 Å². The van der Waals surface area contributed by atoms with Crippen molar-refractivity contribution < 1.29 is 9.47 Å². The highest BCUT2D eigenvalue weighted by Gasteiger charge is 2.43. The summed E-state index contributed by atoms with van der Waals surface area (Å²) in [5.41, 5.74) is 15.2. The van der Waals surface area contributed by atoms with Crippen LogP contribution in [0.5, 0.6) is 11.5 Å². The van der Waals surface area contributed by atoms with Gasteiger partial charge in [-0.05, 0) is 68.8 Å². The molecule has 4 rings (SSSR count). The first-order valence-corrected chi connectivity index (χ1v) is 10.1. The molecule has 6 nitrogen and oxygen atoms in total. The lowest BCUT2D eigenvalue weighted by Gasteiger charge is -2.39. The fourth-order valence-electron chi connectivity index (χ4n) is 4.03. The summed E-state index contributed by atoms with van der Waals surface area (Å²) in [7, 11) is 0. The molecule has 1 atom stereocenters. The molecule has 0 aromatic heterocycles. The number of ether oxygens (including phenoxy) is 2. The molecule has 0 bridgehead atoms. The van der Waals surface area contributed by atoms with Crippen LogP contribution in [-0.4, -0.2) is 30.4 Å². The van der Waals surface area contributed by atoms with E-state index in [0.29, 0.717) is 17.3 Å². The molecule has 2 aromatic carbocycles. The van der Waals surface area contributed by atoms with Crippen molar-refractivity contribution in [1.29, 1.82) is 0 Å². The summed E-state index contributed by atoms with van der Waals surface area (Å²) in [6, 6.07) is 11.6. The quantitative estimate of drug-likeness (QED) is 0.662. The molecule has 2 heterocycles. The Hall–Kier alpha value is -2.15. The zero-order valence-corrected chi connectivity index (χ0v) is 16.8. The predicted molar refractivity (Wildman–Crippen MR) is 113 cm³/mol. The number of hydrogen-bond acceptors (Lipinski definition) is 6. The zero-order chi connectivity index (χ0) is 19.7. The second-order valence-electron chi connectivity index (χ2n) is 7.52. The van der Waals surface area contributed by atoms with Gasteiger partial charge >= 0.3 is 0 Å². The maximum atomic E-state index is 6.58. The van der Waals surface area contributed by atoms with E-state index in [1.165, 1.54) is 5.56 Å². The molecule has 0 spiro atoms. The number of halogens is 1. The highest BCUT2D eigenvalue weighted by molar-refractivity contribution is 6.32. The van der Waals surface area contributed by atoms with Crippen molar-refractivity contribution in [2.75, 3.05) is 30.7 Å². The summed E-state index contributed by atoms with van der Waals surface area (Å²) in [4.78, 5) is 2.43. The van der Waals surface area contributed by atoms with Gasteiger partial charge in [-0.25, -0.2) is 0 Å². The van der Waals surface area contributed by atoms with E-state index >= 15 is 0 Å². The first-order valence-electron chi connectivity index (χ1n) is 9.76. The SMILES string of the molecule is CCOc1cc(CN2CCC(C3(N)Nc4cc(N)ccc4O3)CC2)ccc1Cl. The van der Waals surface area contributed by atoms with Crippen LogP contribution in [-0.2, 0) is 6.54 Å². The van der Waals surface area contributed by atoms with Crippen molar-refractivity contribution >= 4 is 23.0 Å². The number of fused-ring (bicyclic) bond motifs is 1. The third-order valence-corrected chi connectivity index (χ3v) is 5.82. The van der Waals surface area contributed by atoms with Gasteiger partial charge in [0.25, 0.3) is 0 Å². The summed E-state index contributed by atoms with van der Waals surface area (Å²) in [5, 5.41) is 3.99. The summed E-state index contributed by atoms with van der Waals surface area (Å²) < 4.78 is 11.7. The van der Waals surface area contributed by atoms with Gasteiger partial charge in [-0.15, -0.1) is 0 Å². The number of nitrogens with one attached hydrogen (secondary N) is 1. The Morgan fingerprint density at radius 2 is 2.04 bits per heavy atom. The maximum absolute atomic E-state index is 6.58. The number of hydrogen-bond donors (Lipinski definition) is 3. The van der Waals surface area contributed by atoms with Gasteiger partial charge in [0.05, 0.1) is 17.3 Å². The largest absolute Gasteiger partial charge is 0.492 e. The number of nitrogens with zero attached hydrogens (tertiary/aromatic N) is 1. The second kappa shape index (κ2) is 7.70. The maximum Gasteiger partial charge on any atom is 0.239 e. The lowest BCUT2D eigenvalue weighted by molar-refractivity contribution is 0.0175. The van der Waals surface area contributed by atoms with Crippen LogP contribution in [0.25, 0.3) is 0 Å².